The van der Waals surface area contributed by atoms with Gasteiger partial charge in [0.25, 0.3) is 0 Å². The Kier molecular flexibility index (Phi) is 11.3. The molecule has 22 heavy (non-hydrogen) atoms. The van der Waals surface area contributed by atoms with E-state index in [1.54, 1.807) is 0 Å². The Hall–Kier alpha value is -0.830. The fraction of sp³-hybridized carbons (Fsp3) is 0.842. The summed E-state index contributed by atoms with van der Waals surface area (Å²) in [6.45, 7) is 15.4. The molecule has 0 fully saturated rings. The Bertz CT molecular complexity index is 299. The molecule has 3 heteroatoms. The molecule has 0 radical (unpaired) electrons. The second-order valence-corrected chi connectivity index (χ2v) is 6.47. The summed E-state index contributed by atoms with van der Waals surface area (Å²) in [5.74, 6) is -0.300. The predicted octanol–water partition coefficient (Wildman–Crippen LogP) is 5.40. The predicted molar refractivity (Wildman–Crippen MR) is 94.3 cm³/mol. The number of carbonyl (C=O) groups excluding carboxylic acids is 1. The van der Waals surface area contributed by atoms with E-state index in [4.69, 9.17) is 4.84 Å². The SMILES string of the molecule is C=CC(=O)O[N+](CC)(C(C)CCCCC)C(C)CCCCC. The van der Waals surface area contributed by atoms with Gasteiger partial charge in [-0.15, -0.1) is 4.65 Å². The van der Waals surface area contributed by atoms with Crippen molar-refractivity contribution in [2.75, 3.05) is 6.54 Å². The van der Waals surface area contributed by atoms with Gasteiger partial charge in [-0.1, -0.05) is 46.1 Å². The average Bonchev–Trinajstić information content (AvgIpc) is 2.52. The molecule has 0 aliphatic rings. The van der Waals surface area contributed by atoms with Crippen molar-refractivity contribution in [1.82, 2.24) is 0 Å². The zero-order valence-electron chi connectivity index (χ0n) is 15.6. The molecule has 0 aromatic carbocycles. The Balaban J connectivity index is 5.04. The first-order chi connectivity index (χ1) is 10.5. The molecule has 3 nitrogen and oxygen atoms in total. The van der Waals surface area contributed by atoms with E-state index in [0.29, 0.717) is 16.7 Å². The molecule has 0 saturated heterocycles. The molecule has 0 spiro atoms. The van der Waals surface area contributed by atoms with Crippen LogP contribution in [0.4, 0.5) is 0 Å². The van der Waals surface area contributed by atoms with Gasteiger partial charge in [-0.3, -0.25) is 4.84 Å². The molecule has 2 unspecified atom stereocenters. The fourth-order valence-corrected chi connectivity index (χ4v) is 3.32. The fourth-order valence-electron chi connectivity index (χ4n) is 3.32. The molecule has 0 saturated carbocycles. The van der Waals surface area contributed by atoms with Crippen LogP contribution in [0.3, 0.4) is 0 Å². The summed E-state index contributed by atoms with van der Waals surface area (Å²) in [5.41, 5.74) is 0. The Morgan fingerprint density at radius 3 is 1.77 bits per heavy atom. The first-order valence-corrected chi connectivity index (χ1v) is 9.21. The topological polar surface area (TPSA) is 26.3 Å². The summed E-state index contributed by atoms with van der Waals surface area (Å²) in [4.78, 5) is 17.8. The first-order valence-electron chi connectivity index (χ1n) is 9.21. The van der Waals surface area contributed by atoms with Crippen LogP contribution < -0.4 is 0 Å². The molecule has 0 aromatic rings. The lowest BCUT2D eigenvalue weighted by atomic mass is 10.0. The van der Waals surface area contributed by atoms with Crippen LogP contribution >= 0.6 is 0 Å². The molecule has 0 bridgehead atoms. The largest absolute Gasteiger partial charge is 0.389 e. The number of nitrogens with zero attached hydrogens (tertiary/aromatic N) is 1. The Morgan fingerprint density at radius 1 is 1.00 bits per heavy atom. The van der Waals surface area contributed by atoms with Crippen LogP contribution in [0, 0.1) is 0 Å². The lowest BCUT2D eigenvalue weighted by molar-refractivity contribution is -1.12. The highest BCUT2D eigenvalue weighted by Crippen LogP contribution is 2.28. The molecule has 0 aromatic heterocycles. The highest BCUT2D eigenvalue weighted by Gasteiger charge is 2.42. The van der Waals surface area contributed by atoms with E-state index in [0.717, 1.165) is 19.4 Å². The summed E-state index contributed by atoms with van der Waals surface area (Å²) in [7, 11) is 0. The van der Waals surface area contributed by atoms with Crippen molar-refractivity contribution in [2.24, 2.45) is 0 Å². The lowest BCUT2D eigenvalue weighted by Gasteiger charge is -2.43. The maximum atomic E-state index is 11.9. The number of quaternary nitrogens is 1. The first kappa shape index (κ1) is 21.2. The standard InChI is InChI=1S/C19H38NO2/c1-7-11-13-15-17(5)20(10-4,22-19(21)9-3)18(6)16-14-12-8-2/h9,17-18H,3,7-8,10-16H2,1-2,4-6H3/q+1. The maximum Gasteiger partial charge on any atom is 0.389 e. The van der Waals surface area contributed by atoms with Crippen molar-refractivity contribution < 1.29 is 14.3 Å². The van der Waals surface area contributed by atoms with E-state index >= 15 is 0 Å². The summed E-state index contributed by atoms with van der Waals surface area (Å²) < 4.78 is 0.443. The van der Waals surface area contributed by atoms with Gasteiger partial charge in [0, 0.05) is 18.9 Å². The Morgan fingerprint density at radius 2 is 1.45 bits per heavy atom. The summed E-state index contributed by atoms with van der Waals surface area (Å²) in [6, 6.07) is 0.661. The van der Waals surface area contributed by atoms with Gasteiger partial charge < -0.3 is 0 Å². The smallest absolute Gasteiger partial charge is 0.271 e. The van der Waals surface area contributed by atoms with Crippen molar-refractivity contribution >= 4 is 5.97 Å². The molecule has 0 amide bonds. The Labute approximate surface area is 138 Å². The summed E-state index contributed by atoms with van der Waals surface area (Å²) in [5, 5.41) is 0. The number of unbranched alkanes of at least 4 members (excludes halogenated alkanes) is 4. The van der Waals surface area contributed by atoms with E-state index in [9.17, 15) is 4.79 Å². The molecule has 0 rings (SSSR count). The molecule has 0 aliphatic heterocycles. The summed E-state index contributed by atoms with van der Waals surface area (Å²) in [6.07, 6.45) is 10.8. The molecule has 0 heterocycles. The van der Waals surface area contributed by atoms with E-state index < -0.39 is 0 Å². The maximum absolute atomic E-state index is 11.9. The van der Waals surface area contributed by atoms with Crippen LogP contribution in [-0.4, -0.2) is 29.2 Å². The van der Waals surface area contributed by atoms with Crippen LogP contribution in [0.2, 0.25) is 0 Å². The summed E-state index contributed by atoms with van der Waals surface area (Å²) >= 11 is 0. The monoisotopic (exact) mass is 312 g/mol. The van der Waals surface area contributed by atoms with Crippen molar-refractivity contribution in [3.05, 3.63) is 12.7 Å². The van der Waals surface area contributed by atoms with Crippen LogP contribution in [-0.2, 0) is 9.63 Å². The van der Waals surface area contributed by atoms with Gasteiger partial charge >= 0.3 is 5.97 Å². The third kappa shape index (κ3) is 6.51. The van der Waals surface area contributed by atoms with Gasteiger partial charge in [0.15, 0.2) is 0 Å². The van der Waals surface area contributed by atoms with Crippen LogP contribution in [0.1, 0.15) is 86.0 Å². The number of rotatable bonds is 13. The third-order valence-corrected chi connectivity index (χ3v) is 4.86. The van der Waals surface area contributed by atoms with Gasteiger partial charge in [0.05, 0.1) is 0 Å². The van der Waals surface area contributed by atoms with E-state index in [-0.39, 0.29) is 5.97 Å². The molecule has 0 aliphatic carbocycles. The zero-order chi connectivity index (χ0) is 17.0. The van der Waals surface area contributed by atoms with Crippen molar-refractivity contribution in [3.8, 4) is 0 Å². The second kappa shape index (κ2) is 11.7. The van der Waals surface area contributed by atoms with Gasteiger partial charge in [-0.05, 0) is 33.6 Å². The van der Waals surface area contributed by atoms with Gasteiger partial charge in [-0.2, -0.15) is 0 Å². The lowest BCUT2D eigenvalue weighted by Crippen LogP contribution is -2.60. The minimum absolute atomic E-state index is 0.300. The second-order valence-electron chi connectivity index (χ2n) is 6.47. The van der Waals surface area contributed by atoms with Crippen molar-refractivity contribution in [1.29, 1.82) is 0 Å². The van der Waals surface area contributed by atoms with Crippen molar-refractivity contribution in [3.63, 3.8) is 0 Å². The highest BCUT2D eigenvalue weighted by atomic mass is 16.7. The van der Waals surface area contributed by atoms with Gasteiger partial charge in [-0.25, -0.2) is 4.79 Å². The molecule has 130 valence electrons. The van der Waals surface area contributed by atoms with E-state index in [2.05, 4.69) is 41.2 Å². The molecular formula is C19H38NO2+. The molecule has 2 atom stereocenters. The molecular weight excluding hydrogens is 274 g/mol. The van der Waals surface area contributed by atoms with Crippen LogP contribution in [0.5, 0.6) is 0 Å². The minimum Gasteiger partial charge on any atom is -0.271 e. The quantitative estimate of drug-likeness (QED) is 0.197. The molecule has 0 N–H and O–H groups in total. The number of carbonyl (C=O) groups is 1. The normalized spacial score (nSPS) is 16.6. The number of hydrogen-bond acceptors (Lipinski definition) is 2. The zero-order valence-corrected chi connectivity index (χ0v) is 15.6. The van der Waals surface area contributed by atoms with Gasteiger partial charge in [0.2, 0.25) is 0 Å². The number of hydroxylamine groups is 3. The van der Waals surface area contributed by atoms with E-state index in [1.807, 2.05) is 0 Å². The van der Waals surface area contributed by atoms with Crippen LogP contribution in [0.25, 0.3) is 0 Å². The third-order valence-electron chi connectivity index (χ3n) is 4.86. The highest BCUT2D eigenvalue weighted by molar-refractivity contribution is 5.80. The van der Waals surface area contributed by atoms with E-state index in [1.165, 1.54) is 44.6 Å². The van der Waals surface area contributed by atoms with Crippen molar-refractivity contribution in [2.45, 2.75) is 98.1 Å². The minimum atomic E-state index is -0.300. The average molecular weight is 313 g/mol. The van der Waals surface area contributed by atoms with Gasteiger partial charge in [0.1, 0.15) is 18.6 Å². The number of hydrogen-bond donors (Lipinski definition) is 0. The van der Waals surface area contributed by atoms with Crippen LogP contribution in [0.15, 0.2) is 12.7 Å².